The number of methoxy groups -OCH3 is 2. The SMILES string of the molecule is COCCN1C(=O)C(C#N)=C(C)/C(=C\c2ccc(OCc3ccc(Cl)cc3Cl)c(OC)c2)C1=O. The first-order valence-electron chi connectivity index (χ1n) is 10.2. The van der Waals surface area contributed by atoms with Crippen molar-refractivity contribution in [1.29, 1.82) is 5.26 Å². The molecular formula is C25H22Cl2N2O5. The highest BCUT2D eigenvalue weighted by atomic mass is 35.5. The van der Waals surface area contributed by atoms with Gasteiger partial charge in [0.15, 0.2) is 11.5 Å². The second-order valence-corrected chi connectivity index (χ2v) is 8.20. The minimum atomic E-state index is -0.624. The lowest BCUT2D eigenvalue weighted by Crippen LogP contribution is -2.44. The Kier molecular flexibility index (Phi) is 8.35. The maximum absolute atomic E-state index is 13.0. The van der Waals surface area contributed by atoms with Crippen molar-refractivity contribution in [3.63, 3.8) is 0 Å². The van der Waals surface area contributed by atoms with Gasteiger partial charge in [-0.05, 0) is 48.4 Å². The number of carbonyl (C=O) groups excluding carboxylic acids is 2. The average molecular weight is 501 g/mol. The molecule has 34 heavy (non-hydrogen) atoms. The first kappa shape index (κ1) is 25.3. The fourth-order valence-electron chi connectivity index (χ4n) is 3.37. The summed E-state index contributed by atoms with van der Waals surface area (Å²) < 4.78 is 16.3. The van der Waals surface area contributed by atoms with Crippen LogP contribution in [0.1, 0.15) is 18.1 Å². The Morgan fingerprint density at radius 1 is 1.06 bits per heavy atom. The molecule has 0 N–H and O–H groups in total. The number of nitrogens with zero attached hydrogens (tertiary/aromatic N) is 2. The summed E-state index contributed by atoms with van der Waals surface area (Å²) in [6.45, 7) is 2.00. The van der Waals surface area contributed by atoms with Gasteiger partial charge < -0.3 is 14.2 Å². The Labute approximate surface area is 207 Å². The van der Waals surface area contributed by atoms with E-state index in [4.69, 9.17) is 37.4 Å². The van der Waals surface area contributed by atoms with E-state index in [0.29, 0.717) is 32.7 Å². The highest BCUT2D eigenvalue weighted by Gasteiger charge is 2.35. The monoisotopic (exact) mass is 500 g/mol. The molecule has 0 radical (unpaired) electrons. The molecule has 9 heteroatoms. The van der Waals surface area contributed by atoms with Crippen molar-refractivity contribution in [3.05, 3.63) is 74.3 Å². The lowest BCUT2D eigenvalue weighted by Gasteiger charge is -2.27. The molecular weight excluding hydrogens is 479 g/mol. The number of ether oxygens (including phenoxy) is 3. The highest BCUT2D eigenvalue weighted by Crippen LogP contribution is 2.33. The summed E-state index contributed by atoms with van der Waals surface area (Å²) in [4.78, 5) is 26.6. The molecule has 0 spiro atoms. The van der Waals surface area contributed by atoms with Gasteiger partial charge in [0.05, 0.1) is 20.3 Å². The van der Waals surface area contributed by atoms with Gasteiger partial charge in [0, 0.05) is 28.3 Å². The van der Waals surface area contributed by atoms with Crippen LogP contribution >= 0.6 is 23.2 Å². The number of hydrogen-bond donors (Lipinski definition) is 0. The predicted octanol–water partition coefficient (Wildman–Crippen LogP) is 4.82. The van der Waals surface area contributed by atoms with Crippen LogP contribution in [0, 0.1) is 11.3 Å². The smallest absolute Gasteiger partial charge is 0.271 e. The second kappa shape index (κ2) is 11.2. The summed E-state index contributed by atoms with van der Waals surface area (Å²) in [6.07, 6.45) is 1.61. The summed E-state index contributed by atoms with van der Waals surface area (Å²) in [5.74, 6) is -0.193. The third-order valence-corrected chi connectivity index (χ3v) is 5.83. The van der Waals surface area contributed by atoms with E-state index in [2.05, 4.69) is 0 Å². The van der Waals surface area contributed by atoms with Gasteiger partial charge in [-0.15, -0.1) is 0 Å². The van der Waals surface area contributed by atoms with E-state index >= 15 is 0 Å². The molecule has 0 fully saturated rings. The van der Waals surface area contributed by atoms with E-state index in [0.717, 1.165) is 10.5 Å². The largest absolute Gasteiger partial charge is 0.493 e. The van der Waals surface area contributed by atoms with Gasteiger partial charge in [0.2, 0.25) is 0 Å². The number of hydrogen-bond acceptors (Lipinski definition) is 6. The number of amides is 2. The van der Waals surface area contributed by atoms with Crippen molar-refractivity contribution in [2.45, 2.75) is 13.5 Å². The Morgan fingerprint density at radius 2 is 1.82 bits per heavy atom. The van der Waals surface area contributed by atoms with Crippen LogP contribution in [0.3, 0.4) is 0 Å². The third kappa shape index (κ3) is 5.42. The van der Waals surface area contributed by atoms with Crippen molar-refractivity contribution in [1.82, 2.24) is 4.90 Å². The number of benzene rings is 2. The van der Waals surface area contributed by atoms with E-state index in [1.165, 1.54) is 14.2 Å². The summed E-state index contributed by atoms with van der Waals surface area (Å²) in [7, 11) is 2.98. The zero-order chi connectivity index (χ0) is 24.8. The van der Waals surface area contributed by atoms with E-state index < -0.39 is 11.8 Å². The molecule has 1 aliphatic rings. The lowest BCUT2D eigenvalue weighted by atomic mass is 9.93. The van der Waals surface area contributed by atoms with Crippen LogP contribution in [-0.4, -0.2) is 44.1 Å². The number of rotatable bonds is 8. The summed E-state index contributed by atoms with van der Waals surface area (Å²) in [6, 6.07) is 12.2. The van der Waals surface area contributed by atoms with Crippen LogP contribution in [-0.2, 0) is 20.9 Å². The van der Waals surface area contributed by atoms with E-state index in [1.807, 2.05) is 6.07 Å². The van der Waals surface area contributed by atoms with Crippen LogP contribution in [0.5, 0.6) is 11.5 Å². The van der Waals surface area contributed by atoms with Crippen molar-refractivity contribution >= 4 is 41.1 Å². The van der Waals surface area contributed by atoms with E-state index in [9.17, 15) is 14.9 Å². The number of imide groups is 1. The van der Waals surface area contributed by atoms with Crippen LogP contribution < -0.4 is 9.47 Å². The fourth-order valence-corrected chi connectivity index (χ4v) is 3.83. The highest BCUT2D eigenvalue weighted by molar-refractivity contribution is 6.35. The van der Waals surface area contributed by atoms with E-state index in [1.54, 1.807) is 49.4 Å². The van der Waals surface area contributed by atoms with Gasteiger partial charge in [-0.25, -0.2) is 0 Å². The normalized spacial score (nSPS) is 15.1. The third-order valence-electron chi connectivity index (χ3n) is 5.24. The lowest BCUT2D eigenvalue weighted by molar-refractivity contribution is -0.141. The van der Waals surface area contributed by atoms with Gasteiger partial charge in [0.25, 0.3) is 11.8 Å². The molecule has 0 saturated carbocycles. The summed E-state index contributed by atoms with van der Waals surface area (Å²) in [5, 5.41) is 10.5. The molecule has 0 unspecified atom stereocenters. The minimum absolute atomic E-state index is 0.0489. The molecule has 0 bridgehead atoms. The fraction of sp³-hybridized carbons (Fsp3) is 0.240. The molecule has 2 aromatic carbocycles. The number of nitriles is 1. The van der Waals surface area contributed by atoms with Gasteiger partial charge >= 0.3 is 0 Å². The molecule has 0 aromatic heterocycles. The molecule has 0 aliphatic carbocycles. The first-order valence-corrected chi connectivity index (χ1v) is 11.0. The topological polar surface area (TPSA) is 88.9 Å². The summed E-state index contributed by atoms with van der Waals surface area (Å²) in [5.41, 5.74) is 1.89. The molecule has 0 saturated heterocycles. The predicted molar refractivity (Wildman–Crippen MR) is 129 cm³/mol. The molecule has 0 atom stereocenters. The Morgan fingerprint density at radius 3 is 2.47 bits per heavy atom. The van der Waals surface area contributed by atoms with Crippen LogP contribution in [0.25, 0.3) is 6.08 Å². The van der Waals surface area contributed by atoms with Crippen molar-refractivity contribution in [2.24, 2.45) is 0 Å². The van der Waals surface area contributed by atoms with Crippen molar-refractivity contribution in [2.75, 3.05) is 27.4 Å². The van der Waals surface area contributed by atoms with Crippen molar-refractivity contribution < 1.29 is 23.8 Å². The van der Waals surface area contributed by atoms with Gasteiger partial charge in [0.1, 0.15) is 18.2 Å². The molecule has 2 aromatic rings. The van der Waals surface area contributed by atoms with Crippen LogP contribution in [0.4, 0.5) is 0 Å². The molecule has 1 heterocycles. The molecule has 1 aliphatic heterocycles. The summed E-state index contributed by atoms with van der Waals surface area (Å²) >= 11 is 12.1. The Hall–Kier alpha value is -3.31. The minimum Gasteiger partial charge on any atom is -0.493 e. The standard InChI is InChI=1S/C25H22Cl2N2O5/c1-15-19(24(30)29(8-9-32-2)25(31)20(15)13-28)10-16-4-7-22(23(11-16)33-3)34-14-17-5-6-18(26)12-21(17)27/h4-7,10-12H,8-9,14H2,1-3H3/b19-10+. The van der Waals surface area contributed by atoms with Crippen LogP contribution in [0.15, 0.2) is 53.1 Å². The molecule has 7 nitrogen and oxygen atoms in total. The van der Waals surface area contributed by atoms with Crippen molar-refractivity contribution in [3.8, 4) is 17.6 Å². The zero-order valence-electron chi connectivity index (χ0n) is 18.9. The second-order valence-electron chi connectivity index (χ2n) is 7.36. The number of halogens is 2. The van der Waals surface area contributed by atoms with Gasteiger partial charge in [-0.3, -0.25) is 14.5 Å². The maximum atomic E-state index is 13.0. The molecule has 176 valence electrons. The quantitative estimate of drug-likeness (QED) is 0.381. The van der Waals surface area contributed by atoms with Crippen LogP contribution in [0.2, 0.25) is 10.0 Å². The van der Waals surface area contributed by atoms with Gasteiger partial charge in [-0.1, -0.05) is 35.3 Å². The first-order chi connectivity index (χ1) is 16.3. The Balaban J connectivity index is 1.91. The average Bonchev–Trinajstić information content (AvgIpc) is 2.82. The van der Waals surface area contributed by atoms with Gasteiger partial charge in [-0.2, -0.15) is 5.26 Å². The maximum Gasteiger partial charge on any atom is 0.271 e. The van der Waals surface area contributed by atoms with E-state index in [-0.39, 0.29) is 30.9 Å². The molecule has 3 rings (SSSR count). The Bertz CT molecular complexity index is 1230. The molecule has 2 amide bonds. The zero-order valence-corrected chi connectivity index (χ0v) is 20.4. The number of carbonyl (C=O) groups is 2.